The highest BCUT2D eigenvalue weighted by Gasteiger charge is 2.20. The van der Waals surface area contributed by atoms with Crippen molar-refractivity contribution in [3.63, 3.8) is 0 Å². The molecule has 4 heteroatoms. The standard InChI is InChI=1S/C13H21N3O/c1-3-7-16(4-2)10-13-8-12(15-17-13)9-14-11-5-6-11/h3,8,11,14H,1,4-7,9-10H2,2H3. The van der Waals surface area contributed by atoms with E-state index in [1.807, 2.05) is 12.1 Å². The molecule has 0 amide bonds. The Balaban J connectivity index is 1.81. The highest BCUT2D eigenvalue weighted by atomic mass is 16.5. The molecule has 2 rings (SSSR count). The maximum Gasteiger partial charge on any atom is 0.151 e. The maximum atomic E-state index is 5.33. The third-order valence-electron chi connectivity index (χ3n) is 2.97. The molecule has 0 aliphatic heterocycles. The SMILES string of the molecule is C=CCN(CC)Cc1cc(CNC2CC2)no1. The van der Waals surface area contributed by atoms with Crippen molar-refractivity contribution in [2.75, 3.05) is 13.1 Å². The number of likely N-dealkylation sites (N-methyl/N-ethyl adjacent to an activating group) is 1. The summed E-state index contributed by atoms with van der Waals surface area (Å²) in [6, 6.07) is 2.75. The van der Waals surface area contributed by atoms with Crippen molar-refractivity contribution >= 4 is 0 Å². The first-order valence-corrected chi connectivity index (χ1v) is 6.33. The van der Waals surface area contributed by atoms with Gasteiger partial charge in [-0.25, -0.2) is 0 Å². The van der Waals surface area contributed by atoms with Gasteiger partial charge < -0.3 is 9.84 Å². The van der Waals surface area contributed by atoms with Gasteiger partial charge in [0.2, 0.25) is 0 Å². The number of hydrogen-bond acceptors (Lipinski definition) is 4. The molecule has 1 aliphatic carbocycles. The van der Waals surface area contributed by atoms with E-state index in [9.17, 15) is 0 Å². The highest BCUT2D eigenvalue weighted by molar-refractivity contribution is 5.06. The van der Waals surface area contributed by atoms with E-state index in [-0.39, 0.29) is 0 Å². The van der Waals surface area contributed by atoms with Crippen LogP contribution in [0, 0.1) is 0 Å². The number of aromatic nitrogens is 1. The largest absolute Gasteiger partial charge is 0.360 e. The fourth-order valence-corrected chi connectivity index (χ4v) is 1.76. The molecule has 1 aliphatic rings. The molecule has 0 aromatic carbocycles. The van der Waals surface area contributed by atoms with Gasteiger partial charge in [0.25, 0.3) is 0 Å². The maximum absolute atomic E-state index is 5.33. The minimum absolute atomic E-state index is 0.711. The summed E-state index contributed by atoms with van der Waals surface area (Å²) >= 11 is 0. The molecule has 1 N–H and O–H groups in total. The summed E-state index contributed by atoms with van der Waals surface area (Å²) in [6.07, 6.45) is 4.51. The van der Waals surface area contributed by atoms with Crippen LogP contribution in [0.2, 0.25) is 0 Å². The molecule has 1 saturated carbocycles. The summed E-state index contributed by atoms with van der Waals surface area (Å²) in [5.41, 5.74) is 1.00. The zero-order chi connectivity index (χ0) is 12.1. The van der Waals surface area contributed by atoms with Gasteiger partial charge in [-0.2, -0.15) is 0 Å². The fourth-order valence-electron chi connectivity index (χ4n) is 1.76. The summed E-state index contributed by atoms with van der Waals surface area (Å²) in [7, 11) is 0. The minimum atomic E-state index is 0.711. The predicted octanol–water partition coefficient (Wildman–Crippen LogP) is 1.93. The lowest BCUT2D eigenvalue weighted by atomic mass is 10.3. The summed E-state index contributed by atoms with van der Waals surface area (Å²) in [6.45, 7) is 9.38. The van der Waals surface area contributed by atoms with Gasteiger partial charge in [0, 0.05) is 25.2 Å². The van der Waals surface area contributed by atoms with Crippen LogP contribution in [-0.2, 0) is 13.1 Å². The topological polar surface area (TPSA) is 41.3 Å². The molecule has 1 aromatic rings. The average molecular weight is 235 g/mol. The van der Waals surface area contributed by atoms with Gasteiger partial charge in [-0.05, 0) is 19.4 Å². The monoisotopic (exact) mass is 235 g/mol. The molecule has 0 saturated heterocycles. The van der Waals surface area contributed by atoms with Gasteiger partial charge in [-0.3, -0.25) is 4.90 Å². The first-order valence-electron chi connectivity index (χ1n) is 6.33. The summed E-state index contributed by atoms with van der Waals surface area (Å²) in [4.78, 5) is 2.26. The van der Waals surface area contributed by atoms with Crippen molar-refractivity contribution in [3.05, 3.63) is 30.2 Å². The van der Waals surface area contributed by atoms with Gasteiger partial charge in [0.15, 0.2) is 5.76 Å². The molecule has 4 nitrogen and oxygen atoms in total. The van der Waals surface area contributed by atoms with E-state index in [0.717, 1.165) is 37.6 Å². The summed E-state index contributed by atoms with van der Waals surface area (Å²) < 4.78 is 5.33. The summed E-state index contributed by atoms with van der Waals surface area (Å²) in [5, 5.41) is 7.50. The lowest BCUT2D eigenvalue weighted by Crippen LogP contribution is -2.22. The Morgan fingerprint density at radius 2 is 2.47 bits per heavy atom. The second-order valence-corrected chi connectivity index (χ2v) is 4.56. The smallest absolute Gasteiger partial charge is 0.151 e. The molecule has 1 fully saturated rings. The lowest BCUT2D eigenvalue weighted by Gasteiger charge is -2.15. The molecule has 94 valence electrons. The van der Waals surface area contributed by atoms with Crippen molar-refractivity contribution in [3.8, 4) is 0 Å². The molecule has 17 heavy (non-hydrogen) atoms. The quantitative estimate of drug-likeness (QED) is 0.699. The first-order chi connectivity index (χ1) is 8.31. The Morgan fingerprint density at radius 1 is 1.65 bits per heavy atom. The van der Waals surface area contributed by atoms with Crippen LogP contribution < -0.4 is 5.32 Å². The molecular formula is C13H21N3O. The second-order valence-electron chi connectivity index (χ2n) is 4.56. The molecule has 0 radical (unpaired) electrons. The Hall–Kier alpha value is -1.13. The van der Waals surface area contributed by atoms with E-state index in [1.165, 1.54) is 12.8 Å². The lowest BCUT2D eigenvalue weighted by molar-refractivity contribution is 0.261. The van der Waals surface area contributed by atoms with Crippen LogP contribution in [0.25, 0.3) is 0 Å². The second kappa shape index (κ2) is 5.98. The Bertz CT molecular complexity index is 357. The van der Waals surface area contributed by atoms with E-state index in [0.29, 0.717) is 6.04 Å². The van der Waals surface area contributed by atoms with Crippen LogP contribution in [0.4, 0.5) is 0 Å². The molecule has 1 heterocycles. The van der Waals surface area contributed by atoms with Crippen molar-refractivity contribution in [2.45, 2.75) is 38.9 Å². The first kappa shape index (κ1) is 12.3. The van der Waals surface area contributed by atoms with E-state index in [1.54, 1.807) is 0 Å². The molecular weight excluding hydrogens is 214 g/mol. The normalized spacial score (nSPS) is 15.4. The van der Waals surface area contributed by atoms with Crippen LogP contribution >= 0.6 is 0 Å². The number of nitrogens with zero attached hydrogens (tertiary/aromatic N) is 2. The van der Waals surface area contributed by atoms with Crippen LogP contribution in [0.1, 0.15) is 31.2 Å². The molecule has 0 unspecified atom stereocenters. The van der Waals surface area contributed by atoms with Crippen molar-refractivity contribution in [2.24, 2.45) is 0 Å². The van der Waals surface area contributed by atoms with E-state index < -0.39 is 0 Å². The van der Waals surface area contributed by atoms with Crippen LogP contribution in [0.5, 0.6) is 0 Å². The summed E-state index contributed by atoms with van der Waals surface area (Å²) in [5.74, 6) is 0.932. The number of hydrogen-bond donors (Lipinski definition) is 1. The molecule has 0 atom stereocenters. The van der Waals surface area contributed by atoms with E-state index >= 15 is 0 Å². The van der Waals surface area contributed by atoms with Gasteiger partial charge in [0.1, 0.15) is 0 Å². The molecule has 1 aromatic heterocycles. The third kappa shape index (κ3) is 3.98. The van der Waals surface area contributed by atoms with Crippen molar-refractivity contribution in [1.82, 2.24) is 15.4 Å². The minimum Gasteiger partial charge on any atom is -0.360 e. The Morgan fingerprint density at radius 3 is 3.12 bits per heavy atom. The number of nitrogens with one attached hydrogen (secondary N) is 1. The van der Waals surface area contributed by atoms with Crippen molar-refractivity contribution in [1.29, 1.82) is 0 Å². The van der Waals surface area contributed by atoms with Crippen molar-refractivity contribution < 1.29 is 4.52 Å². The number of rotatable bonds is 8. The van der Waals surface area contributed by atoms with E-state index in [2.05, 4.69) is 28.9 Å². The predicted molar refractivity (Wildman–Crippen MR) is 67.5 cm³/mol. The van der Waals surface area contributed by atoms with Gasteiger partial charge in [-0.1, -0.05) is 18.2 Å². The molecule has 0 spiro atoms. The van der Waals surface area contributed by atoms with E-state index in [4.69, 9.17) is 4.52 Å². The third-order valence-corrected chi connectivity index (χ3v) is 2.97. The average Bonchev–Trinajstić information content (AvgIpc) is 3.06. The van der Waals surface area contributed by atoms with Gasteiger partial charge >= 0.3 is 0 Å². The fraction of sp³-hybridized carbons (Fsp3) is 0.615. The van der Waals surface area contributed by atoms with Crippen LogP contribution in [0.3, 0.4) is 0 Å². The highest BCUT2D eigenvalue weighted by Crippen LogP contribution is 2.19. The zero-order valence-corrected chi connectivity index (χ0v) is 10.5. The molecule has 0 bridgehead atoms. The van der Waals surface area contributed by atoms with Gasteiger partial charge in [0.05, 0.1) is 12.2 Å². The Labute approximate surface area is 103 Å². The van der Waals surface area contributed by atoms with Crippen LogP contribution in [-0.4, -0.2) is 29.2 Å². The van der Waals surface area contributed by atoms with Crippen LogP contribution in [0.15, 0.2) is 23.2 Å². The Kier molecular flexibility index (Phi) is 4.34. The van der Waals surface area contributed by atoms with Gasteiger partial charge in [-0.15, -0.1) is 6.58 Å². The zero-order valence-electron chi connectivity index (χ0n) is 10.5.